The van der Waals surface area contributed by atoms with Crippen LogP contribution in [-0.2, 0) is 11.3 Å². The van der Waals surface area contributed by atoms with E-state index in [1.54, 1.807) is 6.20 Å². The van der Waals surface area contributed by atoms with Gasteiger partial charge in [-0.2, -0.15) is 5.10 Å². The number of terminal acetylenes is 1. The Morgan fingerprint density at radius 3 is 3.06 bits per heavy atom. The van der Waals surface area contributed by atoms with Crippen LogP contribution in [0.25, 0.3) is 0 Å². The molecule has 0 spiro atoms. The molecule has 1 aromatic heterocycles. The van der Waals surface area contributed by atoms with Crippen LogP contribution in [0.3, 0.4) is 0 Å². The number of hydrogen-bond acceptors (Lipinski definition) is 3. The predicted molar refractivity (Wildman–Crippen MR) is 64.0 cm³/mol. The second-order valence-electron chi connectivity index (χ2n) is 2.99. The Hall–Kier alpha value is -1.51. The molecule has 1 amide bonds. The van der Waals surface area contributed by atoms with Gasteiger partial charge in [0.25, 0.3) is 0 Å². The highest BCUT2D eigenvalue weighted by Gasteiger charge is 1.98. The summed E-state index contributed by atoms with van der Waals surface area (Å²) < 4.78 is 0. The number of amides is 1. The van der Waals surface area contributed by atoms with Crippen molar-refractivity contribution in [1.29, 1.82) is 0 Å². The van der Waals surface area contributed by atoms with Gasteiger partial charge in [-0.3, -0.25) is 9.89 Å². The van der Waals surface area contributed by atoms with Crippen molar-refractivity contribution in [3.05, 3.63) is 18.0 Å². The average Bonchev–Trinajstić information content (AvgIpc) is 2.74. The highest BCUT2D eigenvalue weighted by atomic mass is 35.5. The maximum Gasteiger partial charge on any atom is 0.222 e. The minimum Gasteiger partial charge on any atom is -0.345 e. The van der Waals surface area contributed by atoms with Gasteiger partial charge in [0.05, 0.1) is 6.54 Å². The largest absolute Gasteiger partial charge is 0.345 e. The summed E-state index contributed by atoms with van der Waals surface area (Å²) in [4.78, 5) is 11.1. The minimum atomic E-state index is -0.0370. The van der Waals surface area contributed by atoms with E-state index in [1.807, 2.05) is 6.07 Å². The van der Waals surface area contributed by atoms with Gasteiger partial charge in [0.15, 0.2) is 0 Å². The van der Waals surface area contributed by atoms with E-state index in [9.17, 15) is 4.79 Å². The van der Waals surface area contributed by atoms with Crippen molar-refractivity contribution >= 4 is 18.3 Å². The maximum absolute atomic E-state index is 11.1. The molecule has 1 heterocycles. The molecule has 16 heavy (non-hydrogen) atoms. The Morgan fingerprint density at radius 2 is 2.44 bits per heavy atom. The number of aromatic amines is 1. The molecule has 0 atom stereocenters. The van der Waals surface area contributed by atoms with Crippen molar-refractivity contribution in [3.63, 3.8) is 0 Å². The summed E-state index contributed by atoms with van der Waals surface area (Å²) >= 11 is 0. The molecule has 0 saturated heterocycles. The van der Waals surface area contributed by atoms with Gasteiger partial charge in [-0.15, -0.1) is 18.8 Å². The Labute approximate surface area is 101 Å². The van der Waals surface area contributed by atoms with Crippen molar-refractivity contribution in [2.45, 2.75) is 13.0 Å². The molecule has 0 radical (unpaired) electrons. The Bertz CT molecular complexity index is 331. The second kappa shape index (κ2) is 8.77. The van der Waals surface area contributed by atoms with Gasteiger partial charge >= 0.3 is 0 Å². The van der Waals surface area contributed by atoms with Crippen molar-refractivity contribution in [2.75, 3.05) is 13.1 Å². The fourth-order valence-electron chi connectivity index (χ4n) is 1.05. The number of halogens is 1. The van der Waals surface area contributed by atoms with Crippen LogP contribution in [0.15, 0.2) is 12.3 Å². The number of H-pyrrole nitrogens is 1. The van der Waals surface area contributed by atoms with Gasteiger partial charge in [-0.1, -0.05) is 5.92 Å². The van der Waals surface area contributed by atoms with Gasteiger partial charge in [0, 0.05) is 31.4 Å². The monoisotopic (exact) mass is 242 g/mol. The summed E-state index contributed by atoms with van der Waals surface area (Å²) in [6.07, 6.45) is 7.12. The highest BCUT2D eigenvalue weighted by Crippen LogP contribution is 1.89. The molecule has 0 saturated carbocycles. The summed E-state index contributed by atoms with van der Waals surface area (Å²) in [5, 5.41) is 12.3. The predicted octanol–water partition coefficient (Wildman–Crippen LogP) is 0.0606. The third-order valence-corrected chi connectivity index (χ3v) is 1.79. The first-order chi connectivity index (χ1) is 7.33. The lowest BCUT2D eigenvalue weighted by molar-refractivity contribution is -0.120. The fourth-order valence-corrected chi connectivity index (χ4v) is 1.05. The number of nitrogens with zero attached hydrogens (tertiary/aromatic N) is 1. The summed E-state index contributed by atoms with van der Waals surface area (Å²) in [5.41, 5.74) is 0.999. The van der Waals surface area contributed by atoms with Crippen LogP contribution in [0.4, 0.5) is 0 Å². The van der Waals surface area contributed by atoms with E-state index in [0.717, 1.165) is 5.69 Å². The van der Waals surface area contributed by atoms with Crippen LogP contribution >= 0.6 is 12.4 Å². The van der Waals surface area contributed by atoms with Gasteiger partial charge in [-0.05, 0) is 6.07 Å². The second-order valence-corrected chi connectivity index (χ2v) is 2.99. The Morgan fingerprint density at radius 1 is 1.62 bits per heavy atom. The lowest BCUT2D eigenvalue weighted by atomic mass is 10.3. The van der Waals surface area contributed by atoms with Crippen molar-refractivity contribution < 1.29 is 4.79 Å². The van der Waals surface area contributed by atoms with E-state index < -0.39 is 0 Å². The van der Waals surface area contributed by atoms with Crippen LogP contribution in [0.1, 0.15) is 12.1 Å². The first-order valence-electron chi connectivity index (χ1n) is 4.72. The smallest absolute Gasteiger partial charge is 0.222 e. The molecule has 0 aliphatic carbocycles. The molecule has 5 nitrogen and oxygen atoms in total. The zero-order valence-corrected chi connectivity index (χ0v) is 9.64. The molecule has 3 N–H and O–H groups in total. The standard InChI is InChI=1S/C10H14N4O.ClH/c1-2-5-12-10(15)4-6-11-8-9-3-7-13-14-9;/h1,3,7,11H,4-6,8H2,(H,12,15)(H,13,14);1H. The van der Waals surface area contributed by atoms with Crippen LogP contribution in [0, 0.1) is 12.3 Å². The highest BCUT2D eigenvalue weighted by molar-refractivity contribution is 5.85. The average molecular weight is 243 g/mol. The normalized spacial score (nSPS) is 8.94. The molecule has 0 bridgehead atoms. The van der Waals surface area contributed by atoms with E-state index in [1.165, 1.54) is 0 Å². The summed E-state index contributed by atoms with van der Waals surface area (Å²) in [6, 6.07) is 1.88. The number of hydrogen-bond donors (Lipinski definition) is 3. The molecular formula is C10H15ClN4O. The molecule has 0 aliphatic rings. The third-order valence-electron chi connectivity index (χ3n) is 1.79. The Balaban J connectivity index is 0.00000225. The van der Waals surface area contributed by atoms with E-state index in [2.05, 4.69) is 26.8 Å². The van der Waals surface area contributed by atoms with Crippen molar-refractivity contribution in [3.8, 4) is 12.3 Å². The van der Waals surface area contributed by atoms with E-state index in [4.69, 9.17) is 6.42 Å². The molecule has 0 fully saturated rings. The van der Waals surface area contributed by atoms with E-state index in [0.29, 0.717) is 26.1 Å². The molecule has 88 valence electrons. The number of carbonyl (C=O) groups excluding carboxylic acids is 1. The SMILES string of the molecule is C#CCNC(=O)CCNCc1ccn[nH]1.Cl. The summed E-state index contributed by atoms with van der Waals surface area (Å²) in [6.45, 7) is 1.59. The number of aromatic nitrogens is 2. The molecule has 0 aromatic carbocycles. The molecule has 0 aliphatic heterocycles. The van der Waals surface area contributed by atoms with Gasteiger partial charge in [0.1, 0.15) is 0 Å². The lowest BCUT2D eigenvalue weighted by Crippen LogP contribution is -2.27. The van der Waals surface area contributed by atoms with Gasteiger partial charge in [0.2, 0.25) is 5.91 Å². The maximum atomic E-state index is 11.1. The zero-order chi connectivity index (χ0) is 10.9. The van der Waals surface area contributed by atoms with E-state index in [-0.39, 0.29) is 18.3 Å². The number of nitrogens with one attached hydrogen (secondary N) is 3. The van der Waals surface area contributed by atoms with Crippen LogP contribution in [-0.4, -0.2) is 29.2 Å². The fraction of sp³-hybridized carbons (Fsp3) is 0.400. The van der Waals surface area contributed by atoms with Gasteiger partial charge < -0.3 is 10.6 Å². The van der Waals surface area contributed by atoms with Crippen LogP contribution in [0.5, 0.6) is 0 Å². The number of carbonyl (C=O) groups is 1. The quantitative estimate of drug-likeness (QED) is 0.488. The lowest BCUT2D eigenvalue weighted by Gasteiger charge is -2.02. The summed E-state index contributed by atoms with van der Waals surface area (Å²) in [5.74, 6) is 2.31. The third kappa shape index (κ3) is 6.06. The molecule has 1 rings (SSSR count). The Kier molecular flexibility index (Phi) is 7.94. The minimum absolute atomic E-state index is 0. The topological polar surface area (TPSA) is 69.8 Å². The molecule has 0 unspecified atom stereocenters. The van der Waals surface area contributed by atoms with Crippen molar-refractivity contribution in [2.24, 2.45) is 0 Å². The first kappa shape index (κ1) is 14.5. The zero-order valence-electron chi connectivity index (χ0n) is 8.82. The number of rotatable bonds is 6. The molecular weight excluding hydrogens is 228 g/mol. The summed E-state index contributed by atoms with van der Waals surface area (Å²) in [7, 11) is 0. The first-order valence-corrected chi connectivity index (χ1v) is 4.72. The van der Waals surface area contributed by atoms with Crippen LogP contribution in [0.2, 0.25) is 0 Å². The van der Waals surface area contributed by atoms with E-state index >= 15 is 0 Å². The van der Waals surface area contributed by atoms with Crippen LogP contribution < -0.4 is 10.6 Å². The van der Waals surface area contributed by atoms with Crippen molar-refractivity contribution in [1.82, 2.24) is 20.8 Å². The molecule has 1 aromatic rings. The molecule has 6 heteroatoms. The van der Waals surface area contributed by atoms with Gasteiger partial charge in [-0.25, -0.2) is 0 Å².